The van der Waals surface area contributed by atoms with E-state index in [4.69, 9.17) is 10.5 Å². The number of fused-ring (bicyclic) bond motifs is 2. The SMILES string of the molecule is CCOC(=O)N1Cc2nc(N)nc(-n3ccc4ccc(F)cc43)c2C1. The van der Waals surface area contributed by atoms with Crippen LogP contribution in [0.15, 0.2) is 30.5 Å². The maximum absolute atomic E-state index is 13.7. The lowest BCUT2D eigenvalue weighted by atomic mass is 10.2. The molecule has 25 heavy (non-hydrogen) atoms. The normalized spacial score (nSPS) is 13.3. The molecule has 8 heteroatoms. The van der Waals surface area contributed by atoms with Crippen LogP contribution in [0.25, 0.3) is 16.7 Å². The number of nitrogen functional groups attached to an aromatic ring is 1. The summed E-state index contributed by atoms with van der Waals surface area (Å²) in [7, 11) is 0. The third-order valence-corrected chi connectivity index (χ3v) is 4.19. The minimum atomic E-state index is -0.409. The van der Waals surface area contributed by atoms with Crippen LogP contribution in [0.5, 0.6) is 0 Å². The topological polar surface area (TPSA) is 86.3 Å². The molecule has 0 saturated heterocycles. The van der Waals surface area contributed by atoms with E-state index in [9.17, 15) is 9.18 Å². The number of carbonyl (C=O) groups is 1. The second-order valence-electron chi connectivity index (χ2n) is 5.77. The molecule has 1 amide bonds. The Hall–Kier alpha value is -3.16. The van der Waals surface area contributed by atoms with Gasteiger partial charge in [-0.05, 0) is 31.2 Å². The summed E-state index contributed by atoms with van der Waals surface area (Å²) in [5.74, 6) is 0.326. The van der Waals surface area contributed by atoms with E-state index in [-0.39, 0.29) is 11.8 Å². The molecule has 3 heterocycles. The average Bonchev–Trinajstić information content (AvgIpc) is 3.18. The highest BCUT2D eigenvalue weighted by molar-refractivity contribution is 5.82. The first-order valence-electron chi connectivity index (χ1n) is 7.90. The molecular formula is C17H16FN5O2. The highest BCUT2D eigenvalue weighted by Gasteiger charge is 2.29. The summed E-state index contributed by atoms with van der Waals surface area (Å²) in [6, 6.07) is 6.43. The van der Waals surface area contributed by atoms with Gasteiger partial charge in [0.25, 0.3) is 0 Å². The van der Waals surface area contributed by atoms with Gasteiger partial charge in [-0.3, -0.25) is 4.90 Å². The van der Waals surface area contributed by atoms with E-state index in [1.807, 2.05) is 6.07 Å². The van der Waals surface area contributed by atoms with Crippen LogP contribution < -0.4 is 5.73 Å². The monoisotopic (exact) mass is 341 g/mol. The predicted molar refractivity (Wildman–Crippen MR) is 89.5 cm³/mol. The number of hydrogen-bond donors (Lipinski definition) is 1. The van der Waals surface area contributed by atoms with Gasteiger partial charge in [0.2, 0.25) is 5.95 Å². The van der Waals surface area contributed by atoms with Crippen LogP contribution in [0.3, 0.4) is 0 Å². The molecule has 0 fully saturated rings. The fourth-order valence-corrected chi connectivity index (χ4v) is 3.09. The molecule has 0 radical (unpaired) electrons. The van der Waals surface area contributed by atoms with Crippen molar-refractivity contribution in [2.75, 3.05) is 12.3 Å². The number of ether oxygens (including phenoxy) is 1. The zero-order chi connectivity index (χ0) is 17.6. The lowest BCUT2D eigenvalue weighted by Crippen LogP contribution is -2.26. The number of nitrogens with zero attached hydrogens (tertiary/aromatic N) is 4. The number of amides is 1. The van der Waals surface area contributed by atoms with E-state index in [0.29, 0.717) is 36.7 Å². The number of halogens is 1. The fourth-order valence-electron chi connectivity index (χ4n) is 3.09. The third kappa shape index (κ3) is 2.55. The number of nitrogens with two attached hydrogens (primary N) is 1. The van der Waals surface area contributed by atoms with Gasteiger partial charge in [-0.25, -0.2) is 14.2 Å². The van der Waals surface area contributed by atoms with Crippen molar-refractivity contribution in [2.24, 2.45) is 0 Å². The molecule has 0 spiro atoms. The molecule has 2 aromatic heterocycles. The van der Waals surface area contributed by atoms with Gasteiger partial charge >= 0.3 is 6.09 Å². The minimum absolute atomic E-state index is 0.109. The molecule has 0 aliphatic carbocycles. The second-order valence-corrected chi connectivity index (χ2v) is 5.77. The second kappa shape index (κ2) is 5.73. The number of anilines is 1. The molecule has 0 bridgehead atoms. The van der Waals surface area contributed by atoms with E-state index in [2.05, 4.69) is 9.97 Å². The number of hydrogen-bond acceptors (Lipinski definition) is 5. The Labute approximate surface area is 142 Å². The van der Waals surface area contributed by atoms with Gasteiger partial charge in [0.1, 0.15) is 11.6 Å². The number of rotatable bonds is 2. The van der Waals surface area contributed by atoms with Crippen LogP contribution in [0.1, 0.15) is 18.2 Å². The zero-order valence-electron chi connectivity index (χ0n) is 13.6. The lowest BCUT2D eigenvalue weighted by molar-refractivity contribution is 0.106. The Morgan fingerprint density at radius 2 is 2.16 bits per heavy atom. The first kappa shape index (κ1) is 15.4. The van der Waals surface area contributed by atoms with Gasteiger partial charge in [-0.15, -0.1) is 0 Å². The minimum Gasteiger partial charge on any atom is -0.450 e. The van der Waals surface area contributed by atoms with E-state index >= 15 is 0 Å². The molecule has 1 aromatic carbocycles. The van der Waals surface area contributed by atoms with Crippen molar-refractivity contribution in [1.29, 1.82) is 0 Å². The molecule has 0 unspecified atom stereocenters. The highest BCUT2D eigenvalue weighted by Crippen LogP contribution is 2.30. The van der Waals surface area contributed by atoms with E-state index in [0.717, 1.165) is 10.9 Å². The highest BCUT2D eigenvalue weighted by atomic mass is 19.1. The number of carbonyl (C=O) groups excluding carboxylic acids is 1. The molecule has 0 atom stereocenters. The third-order valence-electron chi connectivity index (χ3n) is 4.19. The summed E-state index contributed by atoms with van der Waals surface area (Å²) in [4.78, 5) is 22.1. The van der Waals surface area contributed by atoms with Crippen LogP contribution in [0.2, 0.25) is 0 Å². The zero-order valence-corrected chi connectivity index (χ0v) is 13.6. The standard InChI is InChI=1S/C17H16FN5O2/c1-2-25-17(24)22-8-12-13(9-22)20-16(19)21-15(12)23-6-5-10-3-4-11(18)7-14(10)23/h3-7H,2,8-9H2,1H3,(H2,19,20,21). The molecule has 0 saturated carbocycles. The van der Waals surface area contributed by atoms with Crippen molar-refractivity contribution in [2.45, 2.75) is 20.0 Å². The number of benzene rings is 1. The largest absolute Gasteiger partial charge is 0.450 e. The molecule has 4 rings (SSSR count). The Kier molecular flexibility index (Phi) is 3.52. The summed E-state index contributed by atoms with van der Waals surface area (Å²) >= 11 is 0. The summed E-state index contributed by atoms with van der Waals surface area (Å²) in [5.41, 5.74) is 7.98. The summed E-state index contributed by atoms with van der Waals surface area (Å²) < 4.78 is 20.5. The van der Waals surface area contributed by atoms with Crippen molar-refractivity contribution in [3.05, 3.63) is 47.5 Å². The van der Waals surface area contributed by atoms with Gasteiger partial charge in [0, 0.05) is 17.1 Å². The molecular weight excluding hydrogens is 325 g/mol. The Balaban J connectivity index is 1.82. The molecule has 1 aliphatic rings. The van der Waals surface area contributed by atoms with Gasteiger partial charge < -0.3 is 15.0 Å². The molecule has 1 aliphatic heterocycles. The molecule has 2 N–H and O–H groups in total. The maximum atomic E-state index is 13.7. The molecule has 3 aromatic rings. The lowest BCUT2D eigenvalue weighted by Gasteiger charge is -2.14. The summed E-state index contributed by atoms with van der Waals surface area (Å²) in [6.45, 7) is 2.68. The Morgan fingerprint density at radius 1 is 1.32 bits per heavy atom. The van der Waals surface area contributed by atoms with E-state index in [1.54, 1.807) is 23.8 Å². The van der Waals surface area contributed by atoms with Crippen LogP contribution in [0, 0.1) is 5.82 Å². The van der Waals surface area contributed by atoms with Crippen molar-refractivity contribution < 1.29 is 13.9 Å². The van der Waals surface area contributed by atoms with Crippen LogP contribution in [0.4, 0.5) is 15.1 Å². The van der Waals surface area contributed by atoms with Gasteiger partial charge in [-0.2, -0.15) is 4.98 Å². The van der Waals surface area contributed by atoms with Gasteiger partial charge in [0.15, 0.2) is 0 Å². The fraction of sp³-hybridized carbons (Fsp3) is 0.235. The number of aromatic nitrogens is 3. The molecule has 128 valence electrons. The Morgan fingerprint density at radius 3 is 2.96 bits per heavy atom. The predicted octanol–water partition coefficient (Wildman–Crippen LogP) is 2.61. The van der Waals surface area contributed by atoms with Gasteiger partial charge in [-0.1, -0.05) is 0 Å². The first-order valence-corrected chi connectivity index (χ1v) is 7.90. The quantitative estimate of drug-likeness (QED) is 0.774. The van der Waals surface area contributed by atoms with Crippen LogP contribution in [-0.4, -0.2) is 32.1 Å². The van der Waals surface area contributed by atoms with E-state index < -0.39 is 6.09 Å². The van der Waals surface area contributed by atoms with Crippen molar-refractivity contribution in [1.82, 2.24) is 19.4 Å². The average molecular weight is 341 g/mol. The summed E-state index contributed by atoms with van der Waals surface area (Å²) in [5, 5.41) is 0.882. The molecule has 7 nitrogen and oxygen atoms in total. The van der Waals surface area contributed by atoms with Gasteiger partial charge in [0.05, 0.1) is 30.9 Å². The summed E-state index contributed by atoms with van der Waals surface area (Å²) in [6.07, 6.45) is 1.40. The van der Waals surface area contributed by atoms with Crippen molar-refractivity contribution in [3.63, 3.8) is 0 Å². The van der Waals surface area contributed by atoms with Crippen LogP contribution >= 0.6 is 0 Å². The van der Waals surface area contributed by atoms with E-state index in [1.165, 1.54) is 17.0 Å². The smallest absolute Gasteiger partial charge is 0.410 e. The Bertz CT molecular complexity index is 985. The maximum Gasteiger partial charge on any atom is 0.410 e. The van der Waals surface area contributed by atoms with Crippen molar-refractivity contribution >= 4 is 22.9 Å². The van der Waals surface area contributed by atoms with Crippen molar-refractivity contribution in [3.8, 4) is 5.82 Å². The van der Waals surface area contributed by atoms with Crippen LogP contribution in [-0.2, 0) is 17.8 Å². The first-order chi connectivity index (χ1) is 12.1.